The van der Waals surface area contributed by atoms with Gasteiger partial charge >= 0.3 is 0 Å². The molecule has 0 aliphatic carbocycles. The van der Waals surface area contributed by atoms with Gasteiger partial charge in [0.05, 0.1) is 11.3 Å². The molecule has 2 N–H and O–H groups in total. The molecular formula is C12H10N6O4. The Hall–Kier alpha value is -3.30. The first-order chi connectivity index (χ1) is 10.5. The first-order valence-corrected chi connectivity index (χ1v) is 6.29. The van der Waals surface area contributed by atoms with E-state index >= 15 is 0 Å². The van der Waals surface area contributed by atoms with Crippen LogP contribution in [0.25, 0.3) is 0 Å². The van der Waals surface area contributed by atoms with Crippen LogP contribution in [0.1, 0.15) is 12.5 Å². The number of aromatic nitrogens is 3. The monoisotopic (exact) mass is 302 g/mol. The van der Waals surface area contributed by atoms with Crippen molar-refractivity contribution in [2.24, 2.45) is 0 Å². The number of carbonyl (C=O) groups excluding carboxylic acids is 2. The Balaban J connectivity index is 1.78. The number of fused-ring (bicyclic) bond motifs is 1. The molecule has 10 heteroatoms. The highest BCUT2D eigenvalue weighted by molar-refractivity contribution is 6.00. The van der Waals surface area contributed by atoms with E-state index in [1.165, 1.54) is 35.3 Å². The van der Waals surface area contributed by atoms with Crippen molar-refractivity contribution in [1.29, 1.82) is 0 Å². The van der Waals surface area contributed by atoms with Crippen molar-refractivity contribution in [3.05, 3.63) is 40.7 Å². The Labute approximate surface area is 123 Å². The standard InChI is InChI=1S/C12H10N6O4/c19-10-5-9(17-12(16-10)13-6-14-17)11(20)15-7-1-3-8(4-2-7)18(21)22/h1-4,6,9H,5H2,(H,15,20)(H,13,14,16,19)/t9-/m0/s1. The average molecular weight is 302 g/mol. The lowest BCUT2D eigenvalue weighted by Gasteiger charge is -2.22. The minimum Gasteiger partial charge on any atom is -0.324 e. The molecule has 1 aliphatic heterocycles. The largest absolute Gasteiger partial charge is 0.324 e. The molecule has 2 aromatic rings. The second kappa shape index (κ2) is 5.24. The van der Waals surface area contributed by atoms with Crippen LogP contribution in [0.3, 0.4) is 0 Å². The van der Waals surface area contributed by atoms with Gasteiger partial charge in [0.15, 0.2) is 0 Å². The van der Waals surface area contributed by atoms with Gasteiger partial charge in [-0.25, -0.2) is 4.68 Å². The number of hydrogen-bond acceptors (Lipinski definition) is 6. The Morgan fingerprint density at radius 2 is 2.14 bits per heavy atom. The van der Waals surface area contributed by atoms with Crippen LogP contribution in [0.4, 0.5) is 17.3 Å². The van der Waals surface area contributed by atoms with E-state index in [-0.39, 0.29) is 24.0 Å². The molecule has 1 aliphatic rings. The number of nitrogens with one attached hydrogen (secondary N) is 2. The van der Waals surface area contributed by atoms with E-state index in [4.69, 9.17) is 0 Å². The van der Waals surface area contributed by atoms with Gasteiger partial charge in [-0.15, -0.1) is 0 Å². The lowest BCUT2D eigenvalue weighted by molar-refractivity contribution is -0.384. The van der Waals surface area contributed by atoms with Gasteiger partial charge in [0, 0.05) is 17.8 Å². The lowest BCUT2D eigenvalue weighted by atomic mass is 10.1. The predicted octanol–water partition coefficient (Wildman–Crippen LogP) is 0.708. The van der Waals surface area contributed by atoms with Crippen LogP contribution in [0.2, 0.25) is 0 Å². The average Bonchev–Trinajstić information content (AvgIpc) is 2.94. The highest BCUT2D eigenvalue weighted by Gasteiger charge is 2.31. The van der Waals surface area contributed by atoms with Gasteiger partial charge in [0.1, 0.15) is 12.4 Å². The molecule has 22 heavy (non-hydrogen) atoms. The fourth-order valence-corrected chi connectivity index (χ4v) is 2.10. The molecule has 0 spiro atoms. The fraction of sp³-hybridized carbons (Fsp3) is 0.167. The van der Waals surface area contributed by atoms with Gasteiger partial charge in [-0.1, -0.05) is 0 Å². The van der Waals surface area contributed by atoms with Gasteiger partial charge in [0.2, 0.25) is 17.8 Å². The third-order valence-electron chi connectivity index (χ3n) is 3.15. The summed E-state index contributed by atoms with van der Waals surface area (Å²) in [4.78, 5) is 37.7. The first kappa shape index (κ1) is 13.7. The molecule has 1 aromatic heterocycles. The summed E-state index contributed by atoms with van der Waals surface area (Å²) in [6, 6.07) is 4.58. The van der Waals surface area contributed by atoms with Gasteiger partial charge in [-0.05, 0) is 12.1 Å². The Morgan fingerprint density at radius 3 is 2.82 bits per heavy atom. The number of rotatable bonds is 3. The van der Waals surface area contributed by atoms with Crippen LogP contribution in [-0.2, 0) is 9.59 Å². The molecule has 1 atom stereocenters. The number of nitrogens with zero attached hydrogens (tertiary/aromatic N) is 4. The summed E-state index contributed by atoms with van der Waals surface area (Å²) in [6.45, 7) is 0. The summed E-state index contributed by atoms with van der Waals surface area (Å²) in [7, 11) is 0. The maximum Gasteiger partial charge on any atom is 0.269 e. The number of hydrogen-bond donors (Lipinski definition) is 2. The van der Waals surface area contributed by atoms with Crippen LogP contribution in [0.15, 0.2) is 30.6 Å². The number of benzene rings is 1. The maximum atomic E-state index is 12.3. The minimum atomic E-state index is -0.818. The van der Waals surface area contributed by atoms with Crippen molar-refractivity contribution in [3.8, 4) is 0 Å². The van der Waals surface area contributed by atoms with Gasteiger partial charge < -0.3 is 5.32 Å². The second-order valence-electron chi connectivity index (χ2n) is 4.59. The SMILES string of the molecule is O=C1C[C@@H](C(=O)Nc2ccc([N+](=O)[O-])cc2)n2ncnc2N1. The molecule has 2 heterocycles. The summed E-state index contributed by atoms with van der Waals surface area (Å²) in [5.41, 5.74) is 0.317. The van der Waals surface area contributed by atoms with Crippen LogP contribution in [0, 0.1) is 10.1 Å². The highest BCUT2D eigenvalue weighted by atomic mass is 16.6. The smallest absolute Gasteiger partial charge is 0.269 e. The summed E-state index contributed by atoms with van der Waals surface area (Å²) < 4.78 is 1.32. The zero-order chi connectivity index (χ0) is 15.7. The van der Waals surface area contributed by atoms with Crippen molar-refractivity contribution in [1.82, 2.24) is 14.8 Å². The third-order valence-corrected chi connectivity index (χ3v) is 3.15. The van der Waals surface area contributed by atoms with E-state index in [0.29, 0.717) is 5.69 Å². The van der Waals surface area contributed by atoms with E-state index < -0.39 is 16.9 Å². The quantitative estimate of drug-likeness (QED) is 0.633. The summed E-state index contributed by atoms with van der Waals surface area (Å²) >= 11 is 0. The number of carbonyl (C=O) groups is 2. The number of nitro groups is 1. The number of non-ortho nitro benzene ring substituents is 1. The van der Waals surface area contributed by atoms with Gasteiger partial charge in [-0.2, -0.15) is 10.1 Å². The molecule has 2 amide bonds. The van der Waals surface area contributed by atoms with Crippen molar-refractivity contribution < 1.29 is 14.5 Å². The second-order valence-corrected chi connectivity index (χ2v) is 4.59. The molecule has 10 nitrogen and oxygen atoms in total. The maximum absolute atomic E-state index is 12.3. The molecule has 0 saturated heterocycles. The summed E-state index contributed by atoms with van der Waals surface area (Å²) in [6.07, 6.45) is 1.18. The summed E-state index contributed by atoms with van der Waals surface area (Å²) in [5, 5.41) is 19.6. The fourth-order valence-electron chi connectivity index (χ4n) is 2.10. The first-order valence-electron chi connectivity index (χ1n) is 6.29. The van der Waals surface area contributed by atoms with Gasteiger partial charge in [0.25, 0.3) is 5.69 Å². The molecule has 1 aromatic carbocycles. The van der Waals surface area contributed by atoms with Crippen LogP contribution >= 0.6 is 0 Å². The Kier molecular flexibility index (Phi) is 3.26. The number of amides is 2. The molecule has 112 valence electrons. The molecular weight excluding hydrogens is 292 g/mol. The minimum absolute atomic E-state index is 0.0603. The zero-order valence-electron chi connectivity index (χ0n) is 11.1. The number of nitro benzene ring substituents is 1. The highest BCUT2D eigenvalue weighted by Crippen LogP contribution is 2.23. The molecule has 0 bridgehead atoms. The van der Waals surface area contributed by atoms with Crippen molar-refractivity contribution >= 4 is 29.1 Å². The molecule has 0 radical (unpaired) electrons. The van der Waals surface area contributed by atoms with E-state index in [1.54, 1.807) is 0 Å². The topological polar surface area (TPSA) is 132 Å². The zero-order valence-corrected chi connectivity index (χ0v) is 11.1. The normalized spacial score (nSPS) is 16.5. The Morgan fingerprint density at radius 1 is 1.41 bits per heavy atom. The van der Waals surface area contributed by atoms with Crippen molar-refractivity contribution in [3.63, 3.8) is 0 Å². The lowest BCUT2D eigenvalue weighted by Crippen LogP contribution is -2.35. The number of anilines is 2. The summed E-state index contributed by atoms with van der Waals surface area (Å²) in [5.74, 6) is -0.570. The van der Waals surface area contributed by atoms with E-state index in [0.717, 1.165) is 0 Å². The van der Waals surface area contributed by atoms with Crippen LogP contribution < -0.4 is 10.6 Å². The Bertz CT molecular complexity index is 753. The van der Waals surface area contributed by atoms with Crippen molar-refractivity contribution in [2.45, 2.75) is 12.5 Å². The third kappa shape index (κ3) is 2.49. The molecule has 0 saturated carbocycles. The van der Waals surface area contributed by atoms with Crippen LogP contribution in [-0.4, -0.2) is 31.5 Å². The molecule has 0 unspecified atom stereocenters. The molecule has 3 rings (SSSR count). The van der Waals surface area contributed by atoms with E-state index in [1.807, 2.05) is 0 Å². The van der Waals surface area contributed by atoms with Crippen LogP contribution in [0.5, 0.6) is 0 Å². The van der Waals surface area contributed by atoms with Gasteiger partial charge in [-0.3, -0.25) is 25.0 Å². The predicted molar refractivity (Wildman–Crippen MR) is 74.0 cm³/mol. The van der Waals surface area contributed by atoms with E-state index in [2.05, 4.69) is 20.7 Å². The molecule has 0 fully saturated rings. The van der Waals surface area contributed by atoms with Crippen molar-refractivity contribution in [2.75, 3.05) is 10.6 Å². The van der Waals surface area contributed by atoms with E-state index in [9.17, 15) is 19.7 Å².